The fourth-order valence-electron chi connectivity index (χ4n) is 2.13. The van der Waals surface area contributed by atoms with E-state index in [0.29, 0.717) is 32.6 Å². The largest absolute Gasteiger partial charge is 0.395 e. The molecule has 0 bridgehead atoms. The molecule has 0 radical (unpaired) electrons. The Labute approximate surface area is 123 Å². The van der Waals surface area contributed by atoms with E-state index in [9.17, 15) is 4.79 Å². The maximum atomic E-state index is 11.6. The number of unbranched alkanes of at least 4 members (excludes halogenated alkanes) is 5. The van der Waals surface area contributed by atoms with Crippen molar-refractivity contribution in [1.82, 2.24) is 10.2 Å². The molecule has 0 saturated heterocycles. The van der Waals surface area contributed by atoms with Gasteiger partial charge in [-0.3, -0.25) is 9.69 Å². The first-order chi connectivity index (χ1) is 9.74. The highest BCUT2D eigenvalue weighted by atomic mass is 16.3. The van der Waals surface area contributed by atoms with Crippen LogP contribution in [0, 0.1) is 0 Å². The first kappa shape index (κ1) is 19.4. The van der Waals surface area contributed by atoms with Crippen molar-refractivity contribution in [2.24, 2.45) is 0 Å². The van der Waals surface area contributed by atoms with Crippen molar-refractivity contribution in [3.8, 4) is 0 Å². The van der Waals surface area contributed by atoms with Gasteiger partial charge >= 0.3 is 0 Å². The number of hydrogen-bond donors (Lipinski definition) is 3. The maximum Gasteiger partial charge on any atom is 0.220 e. The van der Waals surface area contributed by atoms with Gasteiger partial charge in [0.05, 0.1) is 13.2 Å². The lowest BCUT2D eigenvalue weighted by Crippen LogP contribution is -2.37. The molecule has 120 valence electrons. The van der Waals surface area contributed by atoms with Gasteiger partial charge in [-0.2, -0.15) is 0 Å². The maximum absolute atomic E-state index is 11.6. The van der Waals surface area contributed by atoms with Crippen molar-refractivity contribution in [2.45, 2.75) is 51.9 Å². The summed E-state index contributed by atoms with van der Waals surface area (Å²) in [4.78, 5) is 13.5. The van der Waals surface area contributed by atoms with Gasteiger partial charge in [0.1, 0.15) is 0 Å². The van der Waals surface area contributed by atoms with E-state index >= 15 is 0 Å². The first-order valence-electron chi connectivity index (χ1n) is 7.95. The van der Waals surface area contributed by atoms with Crippen LogP contribution in [0.25, 0.3) is 0 Å². The molecule has 0 aliphatic carbocycles. The second-order valence-corrected chi connectivity index (χ2v) is 5.16. The van der Waals surface area contributed by atoms with Crippen molar-refractivity contribution >= 4 is 5.91 Å². The van der Waals surface area contributed by atoms with Crippen molar-refractivity contribution in [2.75, 3.05) is 39.4 Å². The van der Waals surface area contributed by atoms with E-state index in [0.717, 1.165) is 12.8 Å². The Morgan fingerprint density at radius 2 is 1.55 bits per heavy atom. The normalized spacial score (nSPS) is 11.0. The average molecular weight is 288 g/mol. The zero-order chi connectivity index (χ0) is 15.1. The summed E-state index contributed by atoms with van der Waals surface area (Å²) >= 11 is 0. The number of aliphatic hydroxyl groups excluding tert-OH is 2. The number of amides is 1. The number of carbonyl (C=O) groups excluding carboxylic acids is 1. The molecule has 20 heavy (non-hydrogen) atoms. The first-order valence-corrected chi connectivity index (χ1v) is 7.95. The summed E-state index contributed by atoms with van der Waals surface area (Å²) in [6.45, 7) is 4.67. The van der Waals surface area contributed by atoms with Gasteiger partial charge in [0, 0.05) is 32.6 Å². The SMILES string of the molecule is CCCCCCCCC(=O)NCCN(CCO)CCO. The van der Waals surface area contributed by atoms with Gasteiger partial charge in [-0.1, -0.05) is 39.0 Å². The fraction of sp³-hybridized carbons (Fsp3) is 0.933. The van der Waals surface area contributed by atoms with E-state index in [1.165, 1.54) is 25.7 Å². The molecule has 0 saturated carbocycles. The number of carbonyl (C=O) groups is 1. The summed E-state index contributed by atoms with van der Waals surface area (Å²) in [5.74, 6) is 0.105. The molecule has 0 aromatic carbocycles. The van der Waals surface area contributed by atoms with Gasteiger partial charge in [-0.15, -0.1) is 0 Å². The zero-order valence-electron chi connectivity index (χ0n) is 12.9. The molecule has 5 nitrogen and oxygen atoms in total. The summed E-state index contributed by atoms with van der Waals surface area (Å²) in [7, 11) is 0. The standard InChI is InChI=1S/C15H32N2O3/c1-2-3-4-5-6-7-8-15(20)16-9-10-17(11-13-18)12-14-19/h18-19H,2-14H2,1H3,(H,16,20). The summed E-state index contributed by atoms with van der Waals surface area (Å²) < 4.78 is 0. The number of nitrogens with one attached hydrogen (secondary N) is 1. The molecule has 5 heteroatoms. The highest BCUT2D eigenvalue weighted by Crippen LogP contribution is 2.06. The van der Waals surface area contributed by atoms with E-state index in [2.05, 4.69) is 12.2 Å². The molecule has 0 aliphatic rings. The van der Waals surface area contributed by atoms with Crippen molar-refractivity contribution < 1.29 is 15.0 Å². The van der Waals surface area contributed by atoms with Crippen LogP contribution in [0.5, 0.6) is 0 Å². The van der Waals surface area contributed by atoms with Crippen LogP contribution in [0.1, 0.15) is 51.9 Å². The minimum absolute atomic E-state index is 0.0751. The fourth-order valence-corrected chi connectivity index (χ4v) is 2.13. The lowest BCUT2D eigenvalue weighted by atomic mass is 10.1. The molecular formula is C15H32N2O3. The number of nitrogens with zero attached hydrogens (tertiary/aromatic N) is 1. The molecule has 0 aliphatic heterocycles. The van der Waals surface area contributed by atoms with E-state index in [1.807, 2.05) is 4.90 Å². The molecule has 1 amide bonds. The Morgan fingerprint density at radius 3 is 2.15 bits per heavy atom. The topological polar surface area (TPSA) is 72.8 Å². The van der Waals surface area contributed by atoms with Crippen LogP contribution in [0.2, 0.25) is 0 Å². The Kier molecular flexibility index (Phi) is 14.3. The molecule has 0 aromatic rings. The van der Waals surface area contributed by atoms with E-state index in [4.69, 9.17) is 10.2 Å². The zero-order valence-corrected chi connectivity index (χ0v) is 12.9. The average Bonchev–Trinajstić information content (AvgIpc) is 2.43. The molecule has 0 spiro atoms. The number of hydrogen-bond acceptors (Lipinski definition) is 4. The number of aliphatic hydroxyl groups is 2. The lowest BCUT2D eigenvalue weighted by molar-refractivity contribution is -0.121. The third-order valence-electron chi connectivity index (χ3n) is 3.34. The Balaban J connectivity index is 3.47. The van der Waals surface area contributed by atoms with Crippen molar-refractivity contribution in [1.29, 1.82) is 0 Å². The number of rotatable bonds is 14. The van der Waals surface area contributed by atoms with Crippen LogP contribution in [0.3, 0.4) is 0 Å². The molecule has 0 heterocycles. The quantitative estimate of drug-likeness (QED) is 0.419. The molecular weight excluding hydrogens is 256 g/mol. The van der Waals surface area contributed by atoms with Gasteiger partial charge in [0.25, 0.3) is 0 Å². The van der Waals surface area contributed by atoms with Crippen LogP contribution >= 0.6 is 0 Å². The molecule has 3 N–H and O–H groups in total. The summed E-state index contributed by atoms with van der Waals surface area (Å²) in [5.41, 5.74) is 0. The van der Waals surface area contributed by atoms with Crippen molar-refractivity contribution in [3.63, 3.8) is 0 Å². The monoisotopic (exact) mass is 288 g/mol. The van der Waals surface area contributed by atoms with Gasteiger partial charge in [0.2, 0.25) is 5.91 Å². The molecule has 0 aromatic heterocycles. The summed E-state index contributed by atoms with van der Waals surface area (Å²) in [5, 5.41) is 20.6. The predicted octanol–water partition coefficient (Wildman–Crippen LogP) is 1.14. The highest BCUT2D eigenvalue weighted by Gasteiger charge is 2.05. The lowest BCUT2D eigenvalue weighted by Gasteiger charge is -2.20. The predicted molar refractivity (Wildman–Crippen MR) is 81.6 cm³/mol. The van der Waals surface area contributed by atoms with Crippen LogP contribution in [0.4, 0.5) is 0 Å². The second-order valence-electron chi connectivity index (χ2n) is 5.16. The van der Waals surface area contributed by atoms with Gasteiger partial charge in [-0.05, 0) is 6.42 Å². The molecule has 0 fully saturated rings. The Morgan fingerprint density at radius 1 is 0.950 bits per heavy atom. The van der Waals surface area contributed by atoms with E-state index in [1.54, 1.807) is 0 Å². The van der Waals surface area contributed by atoms with E-state index < -0.39 is 0 Å². The summed E-state index contributed by atoms with van der Waals surface area (Å²) in [6, 6.07) is 0. The molecule has 0 rings (SSSR count). The molecule has 0 unspecified atom stereocenters. The molecule has 0 atom stereocenters. The second kappa shape index (κ2) is 14.8. The van der Waals surface area contributed by atoms with Gasteiger partial charge < -0.3 is 15.5 Å². The smallest absolute Gasteiger partial charge is 0.220 e. The van der Waals surface area contributed by atoms with Crippen LogP contribution in [0.15, 0.2) is 0 Å². The van der Waals surface area contributed by atoms with Crippen LogP contribution in [-0.2, 0) is 4.79 Å². The minimum atomic E-state index is 0.0751. The third-order valence-corrected chi connectivity index (χ3v) is 3.34. The van der Waals surface area contributed by atoms with E-state index in [-0.39, 0.29) is 19.1 Å². The summed E-state index contributed by atoms with van der Waals surface area (Å²) in [6.07, 6.45) is 7.74. The Bertz CT molecular complexity index is 219. The minimum Gasteiger partial charge on any atom is -0.395 e. The van der Waals surface area contributed by atoms with Gasteiger partial charge in [0.15, 0.2) is 0 Å². The Hall–Kier alpha value is -0.650. The third kappa shape index (κ3) is 12.4. The van der Waals surface area contributed by atoms with Crippen molar-refractivity contribution in [3.05, 3.63) is 0 Å². The van der Waals surface area contributed by atoms with Crippen LogP contribution in [-0.4, -0.2) is 60.4 Å². The van der Waals surface area contributed by atoms with Gasteiger partial charge in [-0.25, -0.2) is 0 Å². The van der Waals surface area contributed by atoms with Crippen LogP contribution < -0.4 is 5.32 Å². The highest BCUT2D eigenvalue weighted by molar-refractivity contribution is 5.75.